The van der Waals surface area contributed by atoms with Crippen LogP contribution >= 0.6 is 0 Å². The summed E-state index contributed by atoms with van der Waals surface area (Å²) in [5.74, 6) is -4.55. The highest BCUT2D eigenvalue weighted by atomic mass is 16.5. The van der Waals surface area contributed by atoms with Crippen molar-refractivity contribution in [2.45, 2.75) is 12.8 Å². The topological polar surface area (TPSA) is 136 Å². The fourth-order valence-corrected chi connectivity index (χ4v) is 3.79. The van der Waals surface area contributed by atoms with Crippen molar-refractivity contribution in [3.63, 3.8) is 0 Å². The second-order valence-electron chi connectivity index (χ2n) is 6.90. The minimum atomic E-state index is -1.31. The summed E-state index contributed by atoms with van der Waals surface area (Å²) in [6, 6.07) is 6.04. The average molecular weight is 428 g/mol. The summed E-state index contributed by atoms with van der Waals surface area (Å²) in [5.41, 5.74) is 0.399. The Morgan fingerprint density at radius 3 is 2.13 bits per heavy atom. The van der Waals surface area contributed by atoms with Crippen molar-refractivity contribution in [2.24, 2.45) is 5.92 Å². The van der Waals surface area contributed by atoms with Gasteiger partial charge in [-0.1, -0.05) is 12.1 Å². The van der Waals surface area contributed by atoms with Gasteiger partial charge < -0.3 is 24.4 Å². The van der Waals surface area contributed by atoms with Gasteiger partial charge in [-0.15, -0.1) is 0 Å². The summed E-state index contributed by atoms with van der Waals surface area (Å²) in [7, 11) is 3.99. The highest BCUT2D eigenvalue weighted by Crippen LogP contribution is 2.43. The molecule has 0 fully saturated rings. The molecule has 2 N–H and O–H groups in total. The number of ketones is 2. The number of hydrogen-bond donors (Lipinski definition) is 2. The van der Waals surface area contributed by atoms with Gasteiger partial charge in [0.15, 0.2) is 5.78 Å². The second-order valence-corrected chi connectivity index (χ2v) is 6.90. The van der Waals surface area contributed by atoms with Crippen LogP contribution in [0.5, 0.6) is 17.2 Å². The number of rotatable bonds is 8. The van der Waals surface area contributed by atoms with Crippen LogP contribution in [0.3, 0.4) is 0 Å². The standard InChI is InChI=1S/C22H20O9/c1-29-13-6-4-5-12-16(13)20(26)17-14(30-2)8-10(21(31-3)18(17)19(12)25)7-11(22(27)28)9-15(23)24/h4-6,8,11H,7,9H2,1-3H3,(H,23,24)(H,27,28). The van der Waals surface area contributed by atoms with Gasteiger partial charge in [0.1, 0.15) is 17.2 Å². The van der Waals surface area contributed by atoms with Crippen molar-refractivity contribution in [1.29, 1.82) is 0 Å². The number of carboxylic acid groups (broad SMARTS) is 2. The smallest absolute Gasteiger partial charge is 0.307 e. The molecule has 2 aromatic rings. The van der Waals surface area contributed by atoms with E-state index < -0.39 is 35.8 Å². The van der Waals surface area contributed by atoms with Crippen LogP contribution in [0, 0.1) is 5.92 Å². The first-order valence-electron chi connectivity index (χ1n) is 9.23. The van der Waals surface area contributed by atoms with E-state index in [0.717, 1.165) is 0 Å². The number of hydrogen-bond acceptors (Lipinski definition) is 7. The molecule has 1 unspecified atom stereocenters. The lowest BCUT2D eigenvalue weighted by Crippen LogP contribution is -2.25. The Labute approximate surface area is 177 Å². The molecule has 0 radical (unpaired) electrons. The third-order valence-corrected chi connectivity index (χ3v) is 5.15. The van der Waals surface area contributed by atoms with E-state index in [1.54, 1.807) is 12.1 Å². The van der Waals surface area contributed by atoms with E-state index in [4.69, 9.17) is 19.3 Å². The third kappa shape index (κ3) is 3.70. The van der Waals surface area contributed by atoms with Crippen molar-refractivity contribution >= 4 is 23.5 Å². The van der Waals surface area contributed by atoms with Gasteiger partial charge in [0.2, 0.25) is 5.78 Å². The molecule has 0 saturated carbocycles. The Morgan fingerprint density at radius 1 is 0.903 bits per heavy atom. The summed E-state index contributed by atoms with van der Waals surface area (Å²) in [6.07, 6.45) is -0.855. The van der Waals surface area contributed by atoms with E-state index in [-0.39, 0.29) is 51.5 Å². The summed E-state index contributed by atoms with van der Waals surface area (Å²) in [5, 5.41) is 18.5. The monoisotopic (exact) mass is 428 g/mol. The van der Waals surface area contributed by atoms with E-state index in [9.17, 15) is 24.3 Å². The molecule has 2 aromatic carbocycles. The van der Waals surface area contributed by atoms with E-state index in [2.05, 4.69) is 0 Å². The third-order valence-electron chi connectivity index (χ3n) is 5.15. The Bertz CT molecular complexity index is 1100. The van der Waals surface area contributed by atoms with Gasteiger partial charge in [-0.3, -0.25) is 19.2 Å². The molecule has 0 saturated heterocycles. The predicted octanol–water partition coefficient (Wildman–Crippen LogP) is 2.21. The van der Waals surface area contributed by atoms with Gasteiger partial charge in [-0.2, -0.15) is 0 Å². The van der Waals surface area contributed by atoms with Crippen LogP contribution in [0.25, 0.3) is 0 Å². The van der Waals surface area contributed by atoms with Gasteiger partial charge in [-0.25, -0.2) is 0 Å². The van der Waals surface area contributed by atoms with Gasteiger partial charge >= 0.3 is 11.9 Å². The number of methoxy groups -OCH3 is 3. The SMILES string of the molecule is COc1cccc2c1C(=O)c1c(OC)cc(CC(CC(=O)O)C(=O)O)c(OC)c1C2=O. The summed E-state index contributed by atoms with van der Waals surface area (Å²) in [6.45, 7) is 0. The molecule has 1 atom stereocenters. The largest absolute Gasteiger partial charge is 0.496 e. The van der Waals surface area contributed by atoms with E-state index in [0.29, 0.717) is 0 Å². The van der Waals surface area contributed by atoms with Gasteiger partial charge in [-0.05, 0) is 24.1 Å². The molecule has 3 rings (SSSR count). The number of carbonyl (C=O) groups excluding carboxylic acids is 2. The molecule has 0 aromatic heterocycles. The summed E-state index contributed by atoms with van der Waals surface area (Å²) < 4.78 is 16.0. The Kier molecular flexibility index (Phi) is 5.96. The van der Waals surface area contributed by atoms with Crippen molar-refractivity contribution in [3.05, 3.63) is 52.1 Å². The molecule has 0 aliphatic heterocycles. The molecule has 0 heterocycles. The first kappa shape index (κ1) is 21.8. The van der Waals surface area contributed by atoms with Crippen LogP contribution in [0.1, 0.15) is 43.8 Å². The van der Waals surface area contributed by atoms with Crippen molar-refractivity contribution < 1.29 is 43.6 Å². The van der Waals surface area contributed by atoms with Crippen LogP contribution in [-0.4, -0.2) is 55.0 Å². The molecule has 0 amide bonds. The van der Waals surface area contributed by atoms with E-state index in [1.807, 2.05) is 0 Å². The maximum absolute atomic E-state index is 13.4. The Balaban J connectivity index is 2.25. The first-order chi connectivity index (χ1) is 14.7. The van der Waals surface area contributed by atoms with Crippen LogP contribution in [0.15, 0.2) is 24.3 Å². The van der Waals surface area contributed by atoms with E-state index in [1.165, 1.54) is 33.5 Å². The second kappa shape index (κ2) is 8.47. The van der Waals surface area contributed by atoms with Crippen LogP contribution in [0.2, 0.25) is 0 Å². The number of fused-ring (bicyclic) bond motifs is 2. The van der Waals surface area contributed by atoms with Gasteiger partial charge in [0.25, 0.3) is 0 Å². The predicted molar refractivity (Wildman–Crippen MR) is 106 cm³/mol. The maximum atomic E-state index is 13.4. The lowest BCUT2D eigenvalue weighted by Gasteiger charge is -2.25. The average Bonchev–Trinajstić information content (AvgIpc) is 2.74. The number of carboxylic acids is 2. The van der Waals surface area contributed by atoms with E-state index >= 15 is 0 Å². The van der Waals surface area contributed by atoms with Crippen molar-refractivity contribution in [3.8, 4) is 17.2 Å². The van der Waals surface area contributed by atoms with Crippen molar-refractivity contribution in [2.75, 3.05) is 21.3 Å². The molecule has 31 heavy (non-hydrogen) atoms. The zero-order valence-corrected chi connectivity index (χ0v) is 17.1. The Morgan fingerprint density at radius 2 is 1.58 bits per heavy atom. The van der Waals surface area contributed by atoms with Crippen molar-refractivity contribution in [1.82, 2.24) is 0 Å². The zero-order chi connectivity index (χ0) is 22.9. The molecule has 9 nitrogen and oxygen atoms in total. The molecule has 162 valence electrons. The molecular weight excluding hydrogens is 408 g/mol. The lowest BCUT2D eigenvalue weighted by molar-refractivity contribution is -0.148. The zero-order valence-electron chi connectivity index (χ0n) is 17.1. The minimum absolute atomic E-state index is 0.0132. The lowest BCUT2D eigenvalue weighted by atomic mass is 9.80. The highest BCUT2D eigenvalue weighted by Gasteiger charge is 2.39. The van der Waals surface area contributed by atoms with Crippen LogP contribution in [0.4, 0.5) is 0 Å². The molecule has 1 aliphatic carbocycles. The number of aliphatic carboxylic acids is 2. The molecule has 0 spiro atoms. The Hall–Kier alpha value is -3.88. The fraction of sp³-hybridized carbons (Fsp3) is 0.273. The maximum Gasteiger partial charge on any atom is 0.307 e. The minimum Gasteiger partial charge on any atom is -0.496 e. The summed E-state index contributed by atoms with van der Waals surface area (Å²) in [4.78, 5) is 49.3. The quantitative estimate of drug-likeness (QED) is 0.553. The highest BCUT2D eigenvalue weighted by molar-refractivity contribution is 6.31. The summed E-state index contributed by atoms with van der Waals surface area (Å²) >= 11 is 0. The fourth-order valence-electron chi connectivity index (χ4n) is 3.79. The number of carbonyl (C=O) groups is 4. The van der Waals surface area contributed by atoms with Gasteiger partial charge in [0, 0.05) is 5.56 Å². The van der Waals surface area contributed by atoms with Crippen LogP contribution in [-0.2, 0) is 16.0 Å². The first-order valence-corrected chi connectivity index (χ1v) is 9.23. The van der Waals surface area contributed by atoms with Crippen LogP contribution < -0.4 is 14.2 Å². The normalized spacial score (nSPS) is 13.1. The number of benzene rings is 2. The van der Waals surface area contributed by atoms with Gasteiger partial charge in [0.05, 0.1) is 50.4 Å². The molecule has 1 aliphatic rings. The molecule has 0 bridgehead atoms. The number of ether oxygens (including phenoxy) is 3. The molecular formula is C22H20O9. The molecule has 9 heteroatoms.